The van der Waals surface area contributed by atoms with E-state index in [9.17, 15) is 0 Å². The molecule has 1 aromatic carbocycles. The van der Waals surface area contributed by atoms with Crippen LogP contribution < -0.4 is 10.1 Å². The summed E-state index contributed by atoms with van der Waals surface area (Å²) in [5, 5.41) is 10.0. The lowest BCUT2D eigenvalue weighted by molar-refractivity contribution is 0.281. The topological polar surface area (TPSA) is 53.2 Å². The third-order valence-corrected chi connectivity index (χ3v) is 2.93. The molecule has 108 valence electrons. The highest BCUT2D eigenvalue weighted by atomic mass is 16.5. The van der Waals surface area contributed by atoms with Crippen LogP contribution in [-0.4, -0.2) is 42.3 Å². The Labute approximate surface area is 119 Å². The van der Waals surface area contributed by atoms with E-state index in [1.807, 2.05) is 18.2 Å². The van der Waals surface area contributed by atoms with Gasteiger partial charge in [-0.3, -0.25) is 5.10 Å². The van der Waals surface area contributed by atoms with Crippen molar-refractivity contribution in [3.63, 3.8) is 0 Å². The van der Waals surface area contributed by atoms with Crippen molar-refractivity contribution in [2.45, 2.75) is 13.0 Å². The summed E-state index contributed by atoms with van der Waals surface area (Å²) >= 11 is 0. The van der Waals surface area contributed by atoms with Gasteiger partial charge in [0.1, 0.15) is 11.6 Å². The first-order chi connectivity index (χ1) is 9.74. The van der Waals surface area contributed by atoms with Gasteiger partial charge in [-0.2, -0.15) is 5.10 Å². The summed E-state index contributed by atoms with van der Waals surface area (Å²) in [5.74, 6) is 1.85. The van der Waals surface area contributed by atoms with Gasteiger partial charge in [0.2, 0.25) is 0 Å². The zero-order valence-electron chi connectivity index (χ0n) is 12.1. The zero-order chi connectivity index (χ0) is 14.2. The molecule has 0 aliphatic carbocycles. The second-order valence-corrected chi connectivity index (χ2v) is 4.97. The SMILES string of the molecule is CN(C)CCCOc1ccc(CNc2ccn[nH]2)cc1. The van der Waals surface area contributed by atoms with E-state index < -0.39 is 0 Å². The number of aromatic amines is 1. The minimum Gasteiger partial charge on any atom is -0.494 e. The summed E-state index contributed by atoms with van der Waals surface area (Å²) in [4.78, 5) is 2.16. The van der Waals surface area contributed by atoms with Crippen LogP contribution in [0.2, 0.25) is 0 Å². The fourth-order valence-corrected chi connectivity index (χ4v) is 1.83. The summed E-state index contributed by atoms with van der Waals surface area (Å²) < 4.78 is 5.70. The maximum absolute atomic E-state index is 5.70. The molecule has 1 aromatic heterocycles. The molecule has 0 radical (unpaired) electrons. The van der Waals surface area contributed by atoms with Crippen molar-refractivity contribution in [1.29, 1.82) is 0 Å². The molecule has 0 fully saturated rings. The molecule has 0 amide bonds. The normalized spacial score (nSPS) is 10.8. The number of benzene rings is 1. The molecule has 0 atom stereocenters. The summed E-state index contributed by atoms with van der Waals surface area (Å²) in [6, 6.07) is 10.1. The van der Waals surface area contributed by atoms with Crippen molar-refractivity contribution < 1.29 is 4.74 Å². The van der Waals surface area contributed by atoms with Gasteiger partial charge in [-0.25, -0.2) is 0 Å². The predicted molar refractivity (Wildman–Crippen MR) is 81.0 cm³/mol. The van der Waals surface area contributed by atoms with Gasteiger partial charge in [0, 0.05) is 13.1 Å². The molecule has 5 heteroatoms. The van der Waals surface area contributed by atoms with Crippen molar-refractivity contribution in [2.24, 2.45) is 0 Å². The van der Waals surface area contributed by atoms with Crippen LogP contribution >= 0.6 is 0 Å². The van der Waals surface area contributed by atoms with Gasteiger partial charge in [-0.05, 0) is 44.3 Å². The molecule has 20 heavy (non-hydrogen) atoms. The number of H-pyrrole nitrogens is 1. The summed E-state index contributed by atoms with van der Waals surface area (Å²) in [6.45, 7) is 2.57. The molecule has 0 bridgehead atoms. The number of nitrogens with one attached hydrogen (secondary N) is 2. The van der Waals surface area contributed by atoms with Crippen LogP contribution in [0.4, 0.5) is 5.82 Å². The number of nitrogens with zero attached hydrogens (tertiary/aromatic N) is 2. The van der Waals surface area contributed by atoms with Gasteiger partial charge in [-0.15, -0.1) is 0 Å². The van der Waals surface area contributed by atoms with Crippen molar-refractivity contribution in [1.82, 2.24) is 15.1 Å². The lowest BCUT2D eigenvalue weighted by Crippen LogP contribution is -2.15. The van der Waals surface area contributed by atoms with E-state index in [0.717, 1.165) is 37.7 Å². The first-order valence-corrected chi connectivity index (χ1v) is 6.84. The number of hydrogen-bond donors (Lipinski definition) is 2. The number of ether oxygens (including phenoxy) is 1. The largest absolute Gasteiger partial charge is 0.494 e. The highest BCUT2D eigenvalue weighted by Crippen LogP contribution is 2.13. The fourth-order valence-electron chi connectivity index (χ4n) is 1.83. The van der Waals surface area contributed by atoms with E-state index in [-0.39, 0.29) is 0 Å². The Balaban J connectivity index is 1.72. The monoisotopic (exact) mass is 274 g/mol. The molecule has 2 N–H and O–H groups in total. The summed E-state index contributed by atoms with van der Waals surface area (Å²) in [7, 11) is 4.14. The maximum Gasteiger partial charge on any atom is 0.121 e. The van der Waals surface area contributed by atoms with Gasteiger partial charge < -0.3 is 15.0 Å². The molecule has 5 nitrogen and oxygen atoms in total. The molecule has 0 saturated carbocycles. The minimum atomic E-state index is 0.754. The molecular weight excluding hydrogens is 252 g/mol. The lowest BCUT2D eigenvalue weighted by atomic mass is 10.2. The molecule has 0 unspecified atom stereocenters. The summed E-state index contributed by atoms with van der Waals surface area (Å²) in [6.07, 6.45) is 2.77. The second-order valence-electron chi connectivity index (χ2n) is 4.97. The highest BCUT2D eigenvalue weighted by Gasteiger charge is 1.98. The average Bonchev–Trinajstić information content (AvgIpc) is 2.96. The Morgan fingerprint density at radius 2 is 2.00 bits per heavy atom. The smallest absolute Gasteiger partial charge is 0.121 e. The number of anilines is 1. The fraction of sp³-hybridized carbons (Fsp3) is 0.400. The highest BCUT2D eigenvalue weighted by molar-refractivity contribution is 5.35. The van der Waals surface area contributed by atoms with Gasteiger partial charge in [-0.1, -0.05) is 12.1 Å². The van der Waals surface area contributed by atoms with E-state index in [1.54, 1.807) is 6.20 Å². The van der Waals surface area contributed by atoms with E-state index in [0.29, 0.717) is 0 Å². The van der Waals surface area contributed by atoms with E-state index in [1.165, 1.54) is 5.56 Å². The molecular formula is C15H22N4O. The number of rotatable bonds is 8. The third kappa shape index (κ3) is 4.93. The Morgan fingerprint density at radius 3 is 2.65 bits per heavy atom. The minimum absolute atomic E-state index is 0.754. The molecule has 0 aliphatic rings. The first-order valence-electron chi connectivity index (χ1n) is 6.84. The lowest BCUT2D eigenvalue weighted by Gasteiger charge is -2.11. The zero-order valence-corrected chi connectivity index (χ0v) is 12.1. The van der Waals surface area contributed by atoms with Crippen LogP contribution in [0, 0.1) is 0 Å². The molecule has 2 rings (SSSR count). The molecule has 2 aromatic rings. The maximum atomic E-state index is 5.70. The molecule has 0 aliphatic heterocycles. The Morgan fingerprint density at radius 1 is 1.20 bits per heavy atom. The molecule has 0 spiro atoms. The van der Waals surface area contributed by atoms with E-state index in [2.05, 4.69) is 46.6 Å². The van der Waals surface area contributed by atoms with Crippen LogP contribution in [0.3, 0.4) is 0 Å². The summed E-state index contributed by atoms with van der Waals surface area (Å²) in [5.41, 5.74) is 1.21. The van der Waals surface area contributed by atoms with Gasteiger partial charge in [0.25, 0.3) is 0 Å². The quantitative estimate of drug-likeness (QED) is 0.726. The van der Waals surface area contributed by atoms with Gasteiger partial charge in [0.05, 0.1) is 12.8 Å². The van der Waals surface area contributed by atoms with Crippen LogP contribution in [0.25, 0.3) is 0 Å². The van der Waals surface area contributed by atoms with Gasteiger partial charge >= 0.3 is 0 Å². The number of hydrogen-bond acceptors (Lipinski definition) is 4. The number of aromatic nitrogens is 2. The average molecular weight is 274 g/mol. The molecule has 1 heterocycles. The van der Waals surface area contributed by atoms with Crippen LogP contribution in [0.5, 0.6) is 5.75 Å². The van der Waals surface area contributed by atoms with E-state index in [4.69, 9.17) is 4.74 Å². The van der Waals surface area contributed by atoms with Crippen molar-refractivity contribution in [3.8, 4) is 5.75 Å². The Kier molecular flexibility index (Phi) is 5.43. The van der Waals surface area contributed by atoms with Crippen molar-refractivity contribution in [2.75, 3.05) is 32.6 Å². The van der Waals surface area contributed by atoms with Crippen LogP contribution in [-0.2, 0) is 6.54 Å². The Bertz CT molecular complexity index is 479. The third-order valence-electron chi connectivity index (χ3n) is 2.93. The van der Waals surface area contributed by atoms with Crippen molar-refractivity contribution >= 4 is 5.82 Å². The Hall–Kier alpha value is -2.01. The molecule has 0 saturated heterocycles. The predicted octanol–water partition coefficient (Wildman–Crippen LogP) is 2.35. The standard InChI is InChI=1S/C15H22N4O/c1-19(2)10-3-11-20-14-6-4-13(5-7-14)12-16-15-8-9-17-18-15/h4-9H,3,10-12H2,1-2H3,(H2,16,17,18). The first kappa shape index (κ1) is 14.4. The van der Waals surface area contributed by atoms with Crippen molar-refractivity contribution in [3.05, 3.63) is 42.1 Å². The van der Waals surface area contributed by atoms with Crippen LogP contribution in [0.15, 0.2) is 36.5 Å². The van der Waals surface area contributed by atoms with Crippen LogP contribution in [0.1, 0.15) is 12.0 Å². The van der Waals surface area contributed by atoms with E-state index >= 15 is 0 Å². The second kappa shape index (κ2) is 7.55. The van der Waals surface area contributed by atoms with Gasteiger partial charge in [0.15, 0.2) is 0 Å².